The fourth-order valence-electron chi connectivity index (χ4n) is 4.62. The van der Waals surface area contributed by atoms with Crippen LogP contribution in [0.5, 0.6) is 0 Å². The van der Waals surface area contributed by atoms with Gasteiger partial charge in [-0.25, -0.2) is 0 Å². The molecule has 170 valence electrons. The molecule has 0 bridgehead atoms. The topological polar surface area (TPSA) is 23.6 Å². The Morgan fingerprint density at radius 3 is 2.12 bits per heavy atom. The third kappa shape index (κ3) is 5.54. The molecular weight excluding hydrogens is 404 g/mol. The van der Waals surface area contributed by atoms with Crippen molar-refractivity contribution in [2.75, 3.05) is 23.9 Å². The van der Waals surface area contributed by atoms with Gasteiger partial charge in [0.25, 0.3) is 0 Å². The van der Waals surface area contributed by atoms with E-state index in [0.29, 0.717) is 6.54 Å². The maximum absolute atomic E-state index is 13.6. The fourth-order valence-corrected chi connectivity index (χ4v) is 4.62. The van der Waals surface area contributed by atoms with Crippen LogP contribution in [0.15, 0.2) is 79.4 Å². The molecule has 4 rings (SSSR count). The zero-order valence-electron chi connectivity index (χ0n) is 19.8. The molecule has 1 aliphatic rings. The van der Waals surface area contributed by atoms with Gasteiger partial charge in [0.05, 0.1) is 6.54 Å². The summed E-state index contributed by atoms with van der Waals surface area (Å²) in [6.45, 7) is 4.48. The number of hydrogen-bond donors (Lipinski definition) is 0. The molecular formula is C30H34N2O. The van der Waals surface area contributed by atoms with E-state index in [4.69, 9.17) is 0 Å². The summed E-state index contributed by atoms with van der Waals surface area (Å²) in [7, 11) is 4.10. The fraction of sp³-hybridized carbons (Fsp3) is 0.300. The Bertz CT molecular complexity index is 1080. The monoisotopic (exact) mass is 438 g/mol. The van der Waals surface area contributed by atoms with Crippen LogP contribution in [0.25, 0.3) is 17.2 Å². The first-order chi connectivity index (χ1) is 16.0. The smallest absolute Gasteiger partial charge is 0.230 e. The first kappa shape index (κ1) is 22.8. The van der Waals surface area contributed by atoms with Crippen LogP contribution in [0.4, 0.5) is 11.4 Å². The number of nitrogens with zero attached hydrogens (tertiary/aromatic N) is 2. The zero-order valence-corrected chi connectivity index (χ0v) is 19.8. The molecule has 0 heterocycles. The summed E-state index contributed by atoms with van der Waals surface area (Å²) < 4.78 is 0. The van der Waals surface area contributed by atoms with Crippen molar-refractivity contribution in [3.8, 4) is 11.1 Å². The summed E-state index contributed by atoms with van der Waals surface area (Å²) in [4.78, 5) is 17.7. The van der Waals surface area contributed by atoms with Gasteiger partial charge in [0, 0.05) is 31.4 Å². The van der Waals surface area contributed by atoms with Crippen molar-refractivity contribution in [3.63, 3.8) is 0 Å². The minimum atomic E-state index is 0.126. The average Bonchev–Trinajstić information content (AvgIpc) is 2.88. The molecule has 3 heteroatoms. The lowest BCUT2D eigenvalue weighted by atomic mass is 9.88. The normalized spacial score (nSPS) is 14.0. The van der Waals surface area contributed by atoms with Gasteiger partial charge < -0.3 is 9.80 Å². The Hall–Kier alpha value is -3.33. The van der Waals surface area contributed by atoms with Crippen molar-refractivity contribution < 1.29 is 4.79 Å². The van der Waals surface area contributed by atoms with Gasteiger partial charge in [-0.05, 0) is 59.4 Å². The number of carbonyl (C=O) groups is 1. The summed E-state index contributed by atoms with van der Waals surface area (Å²) in [5.74, 6) is 0.375. The number of benzene rings is 3. The molecule has 0 atom stereocenters. The van der Waals surface area contributed by atoms with Gasteiger partial charge in [0.1, 0.15) is 0 Å². The van der Waals surface area contributed by atoms with Gasteiger partial charge in [-0.15, -0.1) is 0 Å². The standard InChI is InChI=1S/C30H34N2O/c1-4-23-9-8-12-29(21-23)32(30(33)27-10-6-5-7-11-27)22-24-13-15-25(16-14-24)26-17-19-28(20-18-26)31(2)3/h4,8-9,12-21,27H,1,5-7,10-11,22H2,2-3H3. The maximum atomic E-state index is 13.6. The van der Waals surface area contributed by atoms with E-state index in [9.17, 15) is 4.79 Å². The van der Waals surface area contributed by atoms with Crippen LogP contribution < -0.4 is 9.80 Å². The molecule has 33 heavy (non-hydrogen) atoms. The largest absolute Gasteiger partial charge is 0.378 e. The molecule has 3 nitrogen and oxygen atoms in total. The highest BCUT2D eigenvalue weighted by Crippen LogP contribution is 2.30. The molecule has 0 spiro atoms. The predicted octanol–water partition coefficient (Wildman–Crippen LogP) is 7.18. The van der Waals surface area contributed by atoms with Gasteiger partial charge in [-0.1, -0.05) is 80.4 Å². The molecule has 3 aromatic carbocycles. The summed E-state index contributed by atoms with van der Waals surface area (Å²) >= 11 is 0. The van der Waals surface area contributed by atoms with E-state index in [1.165, 1.54) is 23.2 Å². The molecule has 1 amide bonds. The molecule has 3 aromatic rings. The number of carbonyl (C=O) groups excluding carboxylic acids is 1. The second kappa shape index (κ2) is 10.5. The lowest BCUT2D eigenvalue weighted by molar-refractivity contribution is -0.123. The van der Waals surface area contributed by atoms with Crippen molar-refractivity contribution >= 4 is 23.4 Å². The Morgan fingerprint density at radius 1 is 0.879 bits per heavy atom. The highest BCUT2D eigenvalue weighted by Gasteiger charge is 2.27. The second-order valence-corrected chi connectivity index (χ2v) is 9.20. The Labute approximate surface area is 198 Å². The quantitative estimate of drug-likeness (QED) is 0.390. The molecule has 0 aromatic heterocycles. The average molecular weight is 439 g/mol. The molecule has 0 unspecified atom stereocenters. The third-order valence-electron chi connectivity index (χ3n) is 6.65. The first-order valence-corrected chi connectivity index (χ1v) is 12.0. The van der Waals surface area contributed by atoms with E-state index in [2.05, 4.69) is 80.2 Å². The lowest BCUT2D eigenvalue weighted by Crippen LogP contribution is -2.36. The van der Waals surface area contributed by atoms with Crippen LogP contribution in [-0.4, -0.2) is 20.0 Å². The molecule has 0 aliphatic heterocycles. The first-order valence-electron chi connectivity index (χ1n) is 12.0. The number of rotatable bonds is 7. The van der Waals surface area contributed by atoms with Crippen LogP contribution in [0.1, 0.15) is 43.2 Å². The van der Waals surface area contributed by atoms with E-state index in [1.54, 1.807) is 0 Å². The summed E-state index contributed by atoms with van der Waals surface area (Å²) in [5.41, 5.74) is 6.69. The minimum Gasteiger partial charge on any atom is -0.378 e. The van der Waals surface area contributed by atoms with E-state index in [0.717, 1.165) is 42.5 Å². The number of amides is 1. The zero-order chi connectivity index (χ0) is 23.2. The summed E-state index contributed by atoms with van der Waals surface area (Å²) in [5, 5.41) is 0. The van der Waals surface area contributed by atoms with E-state index in [1.807, 2.05) is 29.2 Å². The highest BCUT2D eigenvalue weighted by atomic mass is 16.2. The minimum absolute atomic E-state index is 0.126. The Balaban J connectivity index is 1.57. The Morgan fingerprint density at radius 2 is 1.52 bits per heavy atom. The van der Waals surface area contributed by atoms with Gasteiger partial charge in [0.15, 0.2) is 0 Å². The molecule has 1 saturated carbocycles. The van der Waals surface area contributed by atoms with Crippen LogP contribution in [0.3, 0.4) is 0 Å². The Kier molecular flexibility index (Phi) is 7.29. The van der Waals surface area contributed by atoms with Crippen LogP contribution in [0.2, 0.25) is 0 Å². The van der Waals surface area contributed by atoms with Gasteiger partial charge in [-0.2, -0.15) is 0 Å². The lowest BCUT2D eigenvalue weighted by Gasteiger charge is -2.30. The molecule has 0 saturated heterocycles. The van der Waals surface area contributed by atoms with E-state index in [-0.39, 0.29) is 11.8 Å². The van der Waals surface area contributed by atoms with Gasteiger partial charge >= 0.3 is 0 Å². The van der Waals surface area contributed by atoms with Crippen molar-refractivity contribution in [3.05, 3.63) is 90.5 Å². The van der Waals surface area contributed by atoms with Crippen molar-refractivity contribution in [2.45, 2.75) is 38.6 Å². The summed E-state index contributed by atoms with van der Waals surface area (Å²) in [6.07, 6.45) is 7.38. The van der Waals surface area contributed by atoms with Crippen LogP contribution in [-0.2, 0) is 11.3 Å². The highest BCUT2D eigenvalue weighted by molar-refractivity contribution is 5.95. The summed E-state index contributed by atoms with van der Waals surface area (Å²) in [6, 6.07) is 25.3. The van der Waals surface area contributed by atoms with Gasteiger partial charge in [0.2, 0.25) is 5.91 Å². The van der Waals surface area contributed by atoms with Crippen LogP contribution >= 0.6 is 0 Å². The van der Waals surface area contributed by atoms with Gasteiger partial charge in [-0.3, -0.25) is 4.79 Å². The van der Waals surface area contributed by atoms with E-state index < -0.39 is 0 Å². The second-order valence-electron chi connectivity index (χ2n) is 9.20. The van der Waals surface area contributed by atoms with Crippen molar-refractivity contribution in [1.82, 2.24) is 0 Å². The molecule has 0 radical (unpaired) electrons. The third-order valence-corrected chi connectivity index (χ3v) is 6.65. The molecule has 1 fully saturated rings. The SMILES string of the molecule is C=Cc1cccc(N(Cc2ccc(-c3ccc(N(C)C)cc3)cc2)C(=O)C2CCCCC2)c1. The number of hydrogen-bond acceptors (Lipinski definition) is 2. The number of anilines is 2. The van der Waals surface area contributed by atoms with Crippen molar-refractivity contribution in [1.29, 1.82) is 0 Å². The van der Waals surface area contributed by atoms with E-state index >= 15 is 0 Å². The predicted molar refractivity (Wildman–Crippen MR) is 141 cm³/mol. The van der Waals surface area contributed by atoms with Crippen molar-refractivity contribution in [2.24, 2.45) is 5.92 Å². The maximum Gasteiger partial charge on any atom is 0.230 e. The van der Waals surface area contributed by atoms with Crippen LogP contribution in [0, 0.1) is 5.92 Å². The molecule has 1 aliphatic carbocycles. The molecule has 0 N–H and O–H groups in total.